The molecule has 0 aromatic carbocycles. The van der Waals surface area contributed by atoms with Crippen molar-refractivity contribution < 1.29 is 0 Å². The third-order valence-corrected chi connectivity index (χ3v) is 6.75. The van der Waals surface area contributed by atoms with Crippen LogP contribution in [0.15, 0.2) is 11.2 Å². The number of aliphatic imine (C=N–C) groups is 1. The summed E-state index contributed by atoms with van der Waals surface area (Å²) in [5.41, 5.74) is 0. The van der Waals surface area contributed by atoms with E-state index >= 15 is 0 Å². The van der Waals surface area contributed by atoms with Gasteiger partial charge in [-0.2, -0.15) is 0 Å². The fourth-order valence-corrected chi connectivity index (χ4v) is 4.89. The van der Waals surface area contributed by atoms with E-state index in [0.717, 1.165) is 30.0 Å². The molecule has 0 spiro atoms. The third-order valence-electron chi connectivity index (χ3n) is 5.63. The number of hydrogen-bond acceptors (Lipinski definition) is 4. The molecule has 1 aromatic heterocycles. The van der Waals surface area contributed by atoms with Crippen LogP contribution >= 0.6 is 35.3 Å². The zero-order valence-electron chi connectivity index (χ0n) is 16.9. The first-order valence-corrected chi connectivity index (χ1v) is 11.3. The van der Waals surface area contributed by atoms with Crippen molar-refractivity contribution in [3.05, 3.63) is 16.1 Å². The molecule has 2 heterocycles. The summed E-state index contributed by atoms with van der Waals surface area (Å²) < 4.78 is 0. The average molecular weight is 506 g/mol. The lowest BCUT2D eigenvalue weighted by Gasteiger charge is -2.39. The van der Waals surface area contributed by atoms with Crippen molar-refractivity contribution in [2.75, 3.05) is 19.6 Å². The zero-order chi connectivity index (χ0) is 18.2. The number of piperidine rings is 1. The van der Waals surface area contributed by atoms with Crippen molar-refractivity contribution in [3.63, 3.8) is 0 Å². The van der Waals surface area contributed by atoms with Gasteiger partial charge in [0.2, 0.25) is 0 Å². The predicted molar refractivity (Wildman–Crippen MR) is 126 cm³/mol. The molecular weight excluding hydrogens is 469 g/mol. The number of aromatic nitrogens is 1. The van der Waals surface area contributed by atoms with Gasteiger partial charge in [0, 0.05) is 42.8 Å². The summed E-state index contributed by atoms with van der Waals surface area (Å²) in [6, 6.07) is 1.39. The Morgan fingerprint density at radius 3 is 2.56 bits per heavy atom. The molecule has 2 aliphatic rings. The minimum absolute atomic E-state index is 0. The zero-order valence-corrected chi connectivity index (χ0v) is 20.0. The SMILES string of the molecule is CCNC(=NCc1ncc(CC)s1)NC1CCN(C2CCCCC2)CC1.I. The van der Waals surface area contributed by atoms with Gasteiger partial charge in [-0.05, 0) is 39.0 Å². The highest BCUT2D eigenvalue weighted by atomic mass is 127. The van der Waals surface area contributed by atoms with Gasteiger partial charge in [-0.1, -0.05) is 26.2 Å². The van der Waals surface area contributed by atoms with Crippen molar-refractivity contribution in [1.29, 1.82) is 0 Å². The molecule has 27 heavy (non-hydrogen) atoms. The molecule has 2 N–H and O–H groups in total. The van der Waals surface area contributed by atoms with Gasteiger partial charge >= 0.3 is 0 Å². The second kappa shape index (κ2) is 12.2. The van der Waals surface area contributed by atoms with Gasteiger partial charge in [-0.25, -0.2) is 9.98 Å². The van der Waals surface area contributed by atoms with Crippen LogP contribution in [-0.2, 0) is 13.0 Å². The van der Waals surface area contributed by atoms with Gasteiger partial charge in [-0.15, -0.1) is 35.3 Å². The summed E-state index contributed by atoms with van der Waals surface area (Å²) in [5.74, 6) is 0.942. The molecule has 0 bridgehead atoms. The normalized spacial score (nSPS) is 20.3. The highest BCUT2D eigenvalue weighted by Crippen LogP contribution is 2.25. The Morgan fingerprint density at radius 1 is 1.19 bits per heavy atom. The summed E-state index contributed by atoms with van der Waals surface area (Å²) in [7, 11) is 0. The number of rotatable bonds is 6. The van der Waals surface area contributed by atoms with Gasteiger partial charge in [0.25, 0.3) is 0 Å². The van der Waals surface area contributed by atoms with Gasteiger partial charge in [0.1, 0.15) is 5.01 Å². The number of halogens is 1. The maximum Gasteiger partial charge on any atom is 0.191 e. The van der Waals surface area contributed by atoms with E-state index in [1.54, 1.807) is 11.3 Å². The summed E-state index contributed by atoms with van der Waals surface area (Å²) in [6.07, 6.45) is 12.6. The van der Waals surface area contributed by atoms with E-state index in [-0.39, 0.29) is 24.0 Å². The molecule has 0 unspecified atom stereocenters. The Balaban J connectivity index is 0.00000261. The van der Waals surface area contributed by atoms with E-state index < -0.39 is 0 Å². The first-order valence-electron chi connectivity index (χ1n) is 10.5. The van der Waals surface area contributed by atoms with E-state index in [0.29, 0.717) is 12.6 Å². The Kier molecular flexibility index (Phi) is 10.3. The molecule has 5 nitrogen and oxygen atoms in total. The van der Waals surface area contributed by atoms with Crippen molar-refractivity contribution in [2.24, 2.45) is 4.99 Å². The van der Waals surface area contributed by atoms with Crippen LogP contribution in [0.5, 0.6) is 0 Å². The van der Waals surface area contributed by atoms with Crippen molar-refractivity contribution in [2.45, 2.75) is 83.8 Å². The molecule has 1 aliphatic carbocycles. The lowest BCUT2D eigenvalue weighted by atomic mass is 9.92. The summed E-state index contributed by atoms with van der Waals surface area (Å²) >= 11 is 1.77. The first-order chi connectivity index (χ1) is 12.8. The third kappa shape index (κ3) is 7.16. The number of likely N-dealkylation sites (tertiary alicyclic amines) is 1. The van der Waals surface area contributed by atoms with Gasteiger partial charge in [0.05, 0.1) is 6.54 Å². The molecule has 0 radical (unpaired) electrons. The van der Waals surface area contributed by atoms with E-state index in [2.05, 4.69) is 34.4 Å². The minimum Gasteiger partial charge on any atom is -0.357 e. The molecule has 1 aliphatic heterocycles. The lowest BCUT2D eigenvalue weighted by molar-refractivity contribution is 0.119. The minimum atomic E-state index is 0. The van der Waals surface area contributed by atoms with Crippen LogP contribution in [0, 0.1) is 0 Å². The standard InChI is InChI=1S/C20H35N5S.HI/c1-3-18-14-22-19(26-18)15-23-20(21-4-2)24-16-10-12-25(13-11-16)17-8-6-5-7-9-17;/h14,16-17H,3-13,15H2,1-2H3,(H2,21,23,24);1H. The molecule has 1 saturated carbocycles. The highest BCUT2D eigenvalue weighted by molar-refractivity contribution is 14.0. The Hall–Kier alpha value is -0.410. The monoisotopic (exact) mass is 505 g/mol. The van der Waals surface area contributed by atoms with Crippen LogP contribution in [0.4, 0.5) is 0 Å². The number of aryl methyl sites for hydroxylation is 1. The first kappa shape index (κ1) is 22.9. The molecule has 2 fully saturated rings. The Bertz CT molecular complexity index is 562. The maximum absolute atomic E-state index is 4.76. The molecule has 0 atom stereocenters. The van der Waals surface area contributed by atoms with E-state index in [4.69, 9.17) is 4.99 Å². The fraction of sp³-hybridized carbons (Fsp3) is 0.800. The molecule has 7 heteroatoms. The largest absolute Gasteiger partial charge is 0.357 e. The number of nitrogens with zero attached hydrogens (tertiary/aromatic N) is 3. The van der Waals surface area contributed by atoms with Gasteiger partial charge in [0.15, 0.2) is 5.96 Å². The fourth-order valence-electron chi connectivity index (χ4n) is 4.10. The van der Waals surface area contributed by atoms with Crippen molar-refractivity contribution in [3.8, 4) is 0 Å². The predicted octanol–water partition coefficient (Wildman–Crippen LogP) is 4.18. The summed E-state index contributed by atoms with van der Waals surface area (Å²) in [6.45, 7) is 8.32. The van der Waals surface area contributed by atoms with E-state index in [1.807, 2.05) is 6.20 Å². The van der Waals surface area contributed by atoms with Crippen molar-refractivity contribution >= 4 is 41.3 Å². The number of nitrogens with one attached hydrogen (secondary N) is 2. The van der Waals surface area contributed by atoms with Crippen LogP contribution in [0.2, 0.25) is 0 Å². The number of thiazole rings is 1. The van der Waals surface area contributed by atoms with Crippen LogP contribution in [0.3, 0.4) is 0 Å². The second-order valence-electron chi connectivity index (χ2n) is 7.52. The van der Waals surface area contributed by atoms with E-state index in [1.165, 1.54) is 62.9 Å². The average Bonchev–Trinajstić information content (AvgIpc) is 3.16. The van der Waals surface area contributed by atoms with Gasteiger partial charge < -0.3 is 15.5 Å². The molecule has 1 aromatic rings. The van der Waals surface area contributed by atoms with E-state index in [9.17, 15) is 0 Å². The molecule has 3 rings (SSSR count). The molecule has 154 valence electrons. The van der Waals surface area contributed by atoms with Crippen LogP contribution in [-0.4, -0.2) is 47.6 Å². The quantitative estimate of drug-likeness (QED) is 0.346. The van der Waals surface area contributed by atoms with Gasteiger partial charge in [-0.3, -0.25) is 0 Å². The second-order valence-corrected chi connectivity index (χ2v) is 8.72. The van der Waals surface area contributed by atoms with Crippen LogP contribution in [0.1, 0.15) is 68.7 Å². The summed E-state index contributed by atoms with van der Waals surface area (Å²) in [4.78, 5) is 13.3. The Morgan fingerprint density at radius 2 is 1.93 bits per heavy atom. The topological polar surface area (TPSA) is 52.6 Å². The number of hydrogen-bond donors (Lipinski definition) is 2. The lowest BCUT2D eigenvalue weighted by Crippen LogP contribution is -2.50. The number of guanidine groups is 1. The molecular formula is C20H36IN5S. The highest BCUT2D eigenvalue weighted by Gasteiger charge is 2.26. The van der Waals surface area contributed by atoms with Crippen molar-refractivity contribution in [1.82, 2.24) is 20.5 Å². The van der Waals surface area contributed by atoms with Crippen LogP contribution in [0.25, 0.3) is 0 Å². The molecule has 0 amide bonds. The Labute approximate surface area is 185 Å². The summed E-state index contributed by atoms with van der Waals surface area (Å²) in [5, 5.41) is 8.16. The maximum atomic E-state index is 4.76. The molecule has 1 saturated heterocycles. The smallest absolute Gasteiger partial charge is 0.191 e. The van der Waals surface area contributed by atoms with Crippen LogP contribution < -0.4 is 10.6 Å².